The number of nitriles is 1. The quantitative estimate of drug-likeness (QED) is 0.775. The maximum atomic E-state index is 11.5. The van der Waals surface area contributed by atoms with E-state index in [0.29, 0.717) is 22.0 Å². The van der Waals surface area contributed by atoms with E-state index in [4.69, 9.17) is 5.26 Å². The Morgan fingerprint density at radius 2 is 2.27 bits per heavy atom. The highest BCUT2D eigenvalue weighted by Gasteiger charge is 2.18. The third-order valence-electron chi connectivity index (χ3n) is 2.12. The molecule has 0 aliphatic heterocycles. The molecular formula is C11H10BrNO2. The molecule has 0 saturated carbocycles. The van der Waals surface area contributed by atoms with Crippen LogP contribution in [0, 0.1) is 11.3 Å². The fraction of sp³-hybridized carbons (Fsp3) is 0.273. The number of benzene rings is 1. The number of methoxy groups -OCH3 is 1. The summed E-state index contributed by atoms with van der Waals surface area (Å²) in [6, 6.07) is 5.62. The van der Waals surface area contributed by atoms with Crippen molar-refractivity contribution < 1.29 is 9.53 Å². The molecule has 78 valence electrons. The monoisotopic (exact) mass is 267 g/mol. The van der Waals surface area contributed by atoms with E-state index in [1.807, 2.05) is 19.1 Å². The van der Waals surface area contributed by atoms with Crippen LogP contribution in [0.5, 0.6) is 0 Å². The molecule has 4 heteroatoms. The molecule has 1 aromatic carbocycles. The standard InChI is InChI=1S/C11H10BrNO2/c1-3-7-4-5-9(12)10(8(7)6-13)11(14)15-2/h4-5H,3H2,1-2H3. The van der Waals surface area contributed by atoms with Crippen molar-refractivity contribution in [3.05, 3.63) is 33.3 Å². The number of hydrogen-bond acceptors (Lipinski definition) is 3. The summed E-state index contributed by atoms with van der Waals surface area (Å²) in [5.41, 5.74) is 1.54. The molecule has 0 unspecified atom stereocenters. The van der Waals surface area contributed by atoms with Crippen LogP contribution < -0.4 is 0 Å². The van der Waals surface area contributed by atoms with Crippen LogP contribution in [0.15, 0.2) is 16.6 Å². The topological polar surface area (TPSA) is 50.1 Å². The number of hydrogen-bond donors (Lipinski definition) is 0. The van der Waals surface area contributed by atoms with Crippen molar-refractivity contribution in [2.45, 2.75) is 13.3 Å². The molecule has 0 aliphatic carbocycles. The van der Waals surface area contributed by atoms with Crippen LogP contribution in [-0.4, -0.2) is 13.1 Å². The average molecular weight is 268 g/mol. The van der Waals surface area contributed by atoms with Gasteiger partial charge in [-0.15, -0.1) is 0 Å². The molecule has 0 amide bonds. The summed E-state index contributed by atoms with van der Waals surface area (Å²) in [6.07, 6.45) is 0.708. The molecule has 0 saturated heterocycles. The van der Waals surface area contributed by atoms with Crippen LogP contribution in [-0.2, 0) is 11.2 Å². The number of ether oxygens (including phenoxy) is 1. The highest BCUT2D eigenvalue weighted by atomic mass is 79.9. The minimum absolute atomic E-state index is 0.305. The maximum Gasteiger partial charge on any atom is 0.340 e. The second-order valence-corrected chi connectivity index (χ2v) is 3.77. The van der Waals surface area contributed by atoms with Crippen molar-refractivity contribution in [2.75, 3.05) is 7.11 Å². The number of halogens is 1. The van der Waals surface area contributed by atoms with E-state index < -0.39 is 5.97 Å². The number of rotatable bonds is 2. The number of carbonyl (C=O) groups excluding carboxylic acids is 1. The van der Waals surface area contributed by atoms with Gasteiger partial charge < -0.3 is 4.74 Å². The third-order valence-corrected chi connectivity index (χ3v) is 2.78. The van der Waals surface area contributed by atoms with Gasteiger partial charge in [-0.05, 0) is 34.0 Å². The first kappa shape index (κ1) is 11.7. The van der Waals surface area contributed by atoms with Crippen LogP contribution in [0.25, 0.3) is 0 Å². The molecule has 1 aromatic rings. The van der Waals surface area contributed by atoms with Gasteiger partial charge in [0.25, 0.3) is 0 Å². The highest BCUT2D eigenvalue weighted by molar-refractivity contribution is 9.10. The Kier molecular flexibility index (Phi) is 3.87. The molecule has 0 aromatic heterocycles. The van der Waals surface area contributed by atoms with Crippen LogP contribution in [0.2, 0.25) is 0 Å². The Balaban J connectivity index is 3.47. The van der Waals surface area contributed by atoms with E-state index in [9.17, 15) is 4.79 Å². The van der Waals surface area contributed by atoms with Crippen LogP contribution in [0.1, 0.15) is 28.4 Å². The van der Waals surface area contributed by atoms with Gasteiger partial charge in [0.2, 0.25) is 0 Å². The molecule has 0 aliphatic rings. The molecule has 0 heterocycles. The Morgan fingerprint density at radius 3 is 2.73 bits per heavy atom. The van der Waals surface area contributed by atoms with Crippen molar-refractivity contribution in [1.82, 2.24) is 0 Å². The van der Waals surface area contributed by atoms with Gasteiger partial charge in [0.15, 0.2) is 0 Å². The fourth-order valence-electron chi connectivity index (χ4n) is 1.34. The van der Waals surface area contributed by atoms with Crippen LogP contribution >= 0.6 is 15.9 Å². The zero-order valence-corrected chi connectivity index (χ0v) is 10.1. The Hall–Kier alpha value is -1.34. The summed E-state index contributed by atoms with van der Waals surface area (Å²) in [5, 5.41) is 9.02. The molecule has 15 heavy (non-hydrogen) atoms. The molecule has 0 spiro atoms. The highest BCUT2D eigenvalue weighted by Crippen LogP contribution is 2.24. The molecule has 1 rings (SSSR count). The molecule has 0 N–H and O–H groups in total. The molecule has 0 fully saturated rings. The summed E-state index contributed by atoms with van der Waals surface area (Å²) in [5.74, 6) is -0.492. The van der Waals surface area contributed by atoms with Gasteiger partial charge in [-0.3, -0.25) is 0 Å². The second-order valence-electron chi connectivity index (χ2n) is 2.91. The summed E-state index contributed by atoms with van der Waals surface area (Å²) < 4.78 is 5.23. The van der Waals surface area contributed by atoms with Gasteiger partial charge in [-0.1, -0.05) is 13.0 Å². The first-order valence-electron chi connectivity index (χ1n) is 4.45. The molecule has 3 nitrogen and oxygen atoms in total. The predicted molar refractivity (Wildman–Crippen MR) is 59.6 cm³/mol. The van der Waals surface area contributed by atoms with E-state index >= 15 is 0 Å². The average Bonchev–Trinajstić information content (AvgIpc) is 2.27. The van der Waals surface area contributed by atoms with Gasteiger partial charge in [0.1, 0.15) is 6.07 Å². The lowest BCUT2D eigenvalue weighted by Gasteiger charge is -2.08. The fourth-order valence-corrected chi connectivity index (χ4v) is 1.84. The number of nitrogens with zero attached hydrogens (tertiary/aromatic N) is 1. The lowest BCUT2D eigenvalue weighted by atomic mass is 10.0. The van der Waals surface area contributed by atoms with Gasteiger partial charge >= 0.3 is 5.97 Å². The van der Waals surface area contributed by atoms with Gasteiger partial charge in [0.05, 0.1) is 18.2 Å². The Morgan fingerprint density at radius 1 is 1.60 bits per heavy atom. The number of carbonyl (C=O) groups is 1. The smallest absolute Gasteiger partial charge is 0.340 e. The van der Waals surface area contributed by atoms with E-state index in [1.165, 1.54) is 7.11 Å². The van der Waals surface area contributed by atoms with E-state index in [1.54, 1.807) is 6.07 Å². The molecule has 0 radical (unpaired) electrons. The van der Waals surface area contributed by atoms with Gasteiger partial charge in [-0.25, -0.2) is 4.79 Å². The lowest BCUT2D eigenvalue weighted by molar-refractivity contribution is 0.0599. The van der Waals surface area contributed by atoms with Crippen molar-refractivity contribution in [3.8, 4) is 6.07 Å². The first-order chi connectivity index (χ1) is 7.15. The Bertz CT molecular complexity index is 435. The van der Waals surface area contributed by atoms with E-state index in [0.717, 1.165) is 5.56 Å². The summed E-state index contributed by atoms with van der Waals surface area (Å²) >= 11 is 3.24. The zero-order valence-electron chi connectivity index (χ0n) is 8.50. The minimum atomic E-state index is -0.492. The Labute approximate surface area is 96.8 Å². The number of aryl methyl sites for hydroxylation is 1. The normalized spacial score (nSPS) is 9.47. The summed E-state index contributed by atoms with van der Waals surface area (Å²) in [6.45, 7) is 1.94. The maximum absolute atomic E-state index is 11.5. The van der Waals surface area contributed by atoms with E-state index in [2.05, 4.69) is 20.7 Å². The van der Waals surface area contributed by atoms with Crippen molar-refractivity contribution >= 4 is 21.9 Å². The van der Waals surface area contributed by atoms with Crippen LogP contribution in [0.4, 0.5) is 0 Å². The van der Waals surface area contributed by atoms with Crippen molar-refractivity contribution in [1.29, 1.82) is 5.26 Å². The third kappa shape index (κ3) is 2.18. The summed E-state index contributed by atoms with van der Waals surface area (Å²) in [7, 11) is 1.30. The van der Waals surface area contributed by atoms with Crippen molar-refractivity contribution in [3.63, 3.8) is 0 Å². The summed E-state index contributed by atoms with van der Waals surface area (Å²) in [4.78, 5) is 11.5. The van der Waals surface area contributed by atoms with E-state index in [-0.39, 0.29) is 0 Å². The molecule has 0 bridgehead atoms. The van der Waals surface area contributed by atoms with Crippen LogP contribution in [0.3, 0.4) is 0 Å². The second kappa shape index (κ2) is 4.94. The lowest BCUT2D eigenvalue weighted by Crippen LogP contribution is -2.07. The zero-order chi connectivity index (χ0) is 11.4. The predicted octanol–water partition coefficient (Wildman–Crippen LogP) is 2.67. The molecule has 0 atom stereocenters. The van der Waals surface area contributed by atoms with Gasteiger partial charge in [0, 0.05) is 4.47 Å². The SMILES string of the molecule is CCc1ccc(Br)c(C(=O)OC)c1C#N. The largest absolute Gasteiger partial charge is 0.465 e. The van der Waals surface area contributed by atoms with Crippen molar-refractivity contribution in [2.24, 2.45) is 0 Å². The first-order valence-corrected chi connectivity index (χ1v) is 5.24. The van der Waals surface area contributed by atoms with Gasteiger partial charge in [-0.2, -0.15) is 5.26 Å². The molecular weight excluding hydrogens is 258 g/mol. The minimum Gasteiger partial charge on any atom is -0.465 e. The number of esters is 1.